The topological polar surface area (TPSA) is 60.9 Å². The van der Waals surface area contributed by atoms with Gasteiger partial charge in [0.2, 0.25) is 5.91 Å². The summed E-state index contributed by atoms with van der Waals surface area (Å²) in [5, 5.41) is 9.17. The summed E-state index contributed by atoms with van der Waals surface area (Å²) in [7, 11) is 3.84. The van der Waals surface area contributed by atoms with Crippen molar-refractivity contribution in [2.45, 2.75) is 26.2 Å². The van der Waals surface area contributed by atoms with E-state index in [-0.39, 0.29) is 5.91 Å². The molecule has 1 heterocycles. The van der Waals surface area contributed by atoms with Crippen molar-refractivity contribution in [1.82, 2.24) is 9.80 Å². The average molecular weight is 242 g/mol. The van der Waals surface area contributed by atoms with Crippen molar-refractivity contribution in [3.63, 3.8) is 0 Å². The number of amides is 1. The lowest BCUT2D eigenvalue weighted by atomic mass is 9.82. The highest BCUT2D eigenvalue weighted by Gasteiger charge is 2.39. The molecule has 1 unspecified atom stereocenters. The molecule has 1 aliphatic heterocycles. The summed E-state index contributed by atoms with van der Waals surface area (Å²) in [5.41, 5.74) is -0.772. The van der Waals surface area contributed by atoms with Crippen LogP contribution >= 0.6 is 0 Å². The molecule has 5 heteroatoms. The summed E-state index contributed by atoms with van der Waals surface area (Å²) in [6.45, 7) is 3.46. The zero-order valence-electron chi connectivity index (χ0n) is 10.9. The standard InChI is InChI=1S/C12H22N2O3/c1-12(11(16)17)6-4-7-14(9-12)10(15)5-8-13(2)3/h4-9H2,1-3H3,(H,16,17). The van der Waals surface area contributed by atoms with Crippen LogP contribution in [0, 0.1) is 5.41 Å². The Hall–Kier alpha value is -1.10. The number of carbonyl (C=O) groups excluding carboxylic acids is 1. The average Bonchev–Trinajstić information content (AvgIpc) is 2.25. The van der Waals surface area contributed by atoms with E-state index in [4.69, 9.17) is 5.11 Å². The second kappa shape index (κ2) is 5.49. The quantitative estimate of drug-likeness (QED) is 0.786. The molecule has 5 nitrogen and oxygen atoms in total. The number of hydrogen-bond donors (Lipinski definition) is 1. The van der Waals surface area contributed by atoms with Crippen LogP contribution in [0.25, 0.3) is 0 Å². The van der Waals surface area contributed by atoms with Gasteiger partial charge in [-0.15, -0.1) is 0 Å². The molecule has 1 fully saturated rings. The van der Waals surface area contributed by atoms with Crippen LogP contribution in [0.1, 0.15) is 26.2 Å². The molecule has 1 saturated heterocycles. The van der Waals surface area contributed by atoms with Gasteiger partial charge in [-0.1, -0.05) is 0 Å². The third kappa shape index (κ3) is 3.70. The van der Waals surface area contributed by atoms with Crippen LogP contribution in [-0.2, 0) is 9.59 Å². The van der Waals surface area contributed by atoms with Crippen LogP contribution < -0.4 is 0 Å². The third-order valence-electron chi connectivity index (χ3n) is 3.34. The molecule has 1 N–H and O–H groups in total. The summed E-state index contributed by atoms with van der Waals surface area (Å²) in [6.07, 6.45) is 1.89. The molecule has 0 aromatic heterocycles. The van der Waals surface area contributed by atoms with Gasteiger partial charge >= 0.3 is 5.97 Å². The van der Waals surface area contributed by atoms with E-state index in [1.807, 2.05) is 19.0 Å². The largest absolute Gasteiger partial charge is 0.481 e. The van der Waals surface area contributed by atoms with Gasteiger partial charge in [0.15, 0.2) is 0 Å². The smallest absolute Gasteiger partial charge is 0.311 e. The first-order chi connectivity index (χ1) is 7.85. The van der Waals surface area contributed by atoms with E-state index >= 15 is 0 Å². The van der Waals surface area contributed by atoms with Crippen LogP contribution in [0.15, 0.2) is 0 Å². The normalized spacial score (nSPS) is 25.1. The van der Waals surface area contributed by atoms with E-state index in [2.05, 4.69) is 0 Å². The van der Waals surface area contributed by atoms with Crippen molar-refractivity contribution in [1.29, 1.82) is 0 Å². The van der Waals surface area contributed by atoms with E-state index in [1.54, 1.807) is 11.8 Å². The van der Waals surface area contributed by atoms with E-state index in [0.717, 1.165) is 6.42 Å². The van der Waals surface area contributed by atoms with Crippen LogP contribution in [0.3, 0.4) is 0 Å². The Labute approximate surface area is 102 Å². The van der Waals surface area contributed by atoms with Crippen LogP contribution in [-0.4, -0.2) is 60.5 Å². The first kappa shape index (κ1) is 14.0. The predicted molar refractivity (Wildman–Crippen MR) is 64.7 cm³/mol. The summed E-state index contributed by atoms with van der Waals surface area (Å²) >= 11 is 0. The number of rotatable bonds is 4. The fraction of sp³-hybridized carbons (Fsp3) is 0.833. The van der Waals surface area contributed by atoms with Crippen molar-refractivity contribution in [3.8, 4) is 0 Å². The molecule has 0 aromatic carbocycles. The van der Waals surface area contributed by atoms with Crippen molar-refractivity contribution < 1.29 is 14.7 Å². The number of nitrogens with zero attached hydrogens (tertiary/aromatic N) is 2. The predicted octanol–water partition coefficient (Wildman–Crippen LogP) is 0.651. The maximum Gasteiger partial charge on any atom is 0.311 e. The molecule has 1 rings (SSSR count). The minimum absolute atomic E-state index is 0.0610. The van der Waals surface area contributed by atoms with Gasteiger partial charge in [0.1, 0.15) is 0 Å². The molecule has 0 aromatic rings. The molecule has 0 saturated carbocycles. The van der Waals surface area contributed by atoms with Gasteiger partial charge in [0, 0.05) is 26.1 Å². The lowest BCUT2D eigenvalue weighted by Gasteiger charge is -2.37. The highest BCUT2D eigenvalue weighted by molar-refractivity contribution is 5.79. The minimum Gasteiger partial charge on any atom is -0.481 e. The SMILES string of the molecule is CN(C)CCC(=O)N1CCCC(C)(C(=O)O)C1. The first-order valence-electron chi connectivity index (χ1n) is 6.01. The third-order valence-corrected chi connectivity index (χ3v) is 3.34. The summed E-state index contributed by atoms with van der Waals surface area (Å²) in [5.74, 6) is -0.742. The van der Waals surface area contributed by atoms with Crippen molar-refractivity contribution in [2.75, 3.05) is 33.7 Å². The molecular weight excluding hydrogens is 220 g/mol. The first-order valence-corrected chi connectivity index (χ1v) is 6.01. The Kier molecular flexibility index (Phi) is 4.51. The molecule has 0 bridgehead atoms. The summed E-state index contributed by atoms with van der Waals surface area (Å²) in [4.78, 5) is 26.7. The lowest BCUT2D eigenvalue weighted by molar-refractivity contribution is -0.153. The Morgan fingerprint density at radius 1 is 1.41 bits per heavy atom. The number of aliphatic carboxylic acids is 1. The molecule has 1 atom stereocenters. The molecule has 98 valence electrons. The highest BCUT2D eigenvalue weighted by atomic mass is 16.4. The lowest BCUT2D eigenvalue weighted by Crippen LogP contribution is -2.48. The van der Waals surface area contributed by atoms with Crippen molar-refractivity contribution in [3.05, 3.63) is 0 Å². The van der Waals surface area contributed by atoms with Gasteiger partial charge in [-0.05, 0) is 33.9 Å². The summed E-state index contributed by atoms with van der Waals surface area (Å²) < 4.78 is 0. The Bertz CT molecular complexity index is 304. The van der Waals surface area contributed by atoms with Crippen molar-refractivity contribution >= 4 is 11.9 Å². The fourth-order valence-electron chi connectivity index (χ4n) is 2.10. The molecule has 0 aliphatic carbocycles. The second-order valence-electron chi connectivity index (χ2n) is 5.34. The number of carboxylic acids is 1. The Morgan fingerprint density at radius 3 is 2.59 bits per heavy atom. The monoisotopic (exact) mass is 242 g/mol. The Morgan fingerprint density at radius 2 is 2.06 bits per heavy atom. The van der Waals surface area contributed by atoms with E-state index in [0.29, 0.717) is 32.5 Å². The number of hydrogen-bond acceptors (Lipinski definition) is 3. The van der Waals surface area contributed by atoms with Gasteiger partial charge in [0.05, 0.1) is 5.41 Å². The van der Waals surface area contributed by atoms with E-state index in [9.17, 15) is 9.59 Å². The molecule has 1 aliphatic rings. The molecule has 1 amide bonds. The second-order valence-corrected chi connectivity index (χ2v) is 5.34. The fourth-order valence-corrected chi connectivity index (χ4v) is 2.10. The van der Waals surface area contributed by atoms with Crippen molar-refractivity contribution in [2.24, 2.45) is 5.41 Å². The maximum absolute atomic E-state index is 11.9. The van der Waals surface area contributed by atoms with Gasteiger partial charge in [-0.3, -0.25) is 9.59 Å². The van der Waals surface area contributed by atoms with Gasteiger partial charge in [-0.25, -0.2) is 0 Å². The number of likely N-dealkylation sites (tertiary alicyclic amines) is 1. The molecule has 0 spiro atoms. The minimum atomic E-state index is -0.803. The number of carbonyl (C=O) groups is 2. The Balaban J connectivity index is 2.54. The molecule has 17 heavy (non-hydrogen) atoms. The van der Waals surface area contributed by atoms with Gasteiger partial charge in [0.25, 0.3) is 0 Å². The van der Waals surface area contributed by atoms with Crippen LogP contribution in [0.4, 0.5) is 0 Å². The highest BCUT2D eigenvalue weighted by Crippen LogP contribution is 2.29. The molecule has 0 radical (unpaired) electrons. The van der Waals surface area contributed by atoms with Gasteiger partial charge in [-0.2, -0.15) is 0 Å². The zero-order valence-corrected chi connectivity index (χ0v) is 10.9. The number of carboxylic acid groups (broad SMARTS) is 1. The number of piperidine rings is 1. The van der Waals surface area contributed by atoms with Crippen LogP contribution in [0.5, 0.6) is 0 Å². The maximum atomic E-state index is 11.9. The molecular formula is C12H22N2O3. The van der Waals surface area contributed by atoms with E-state index < -0.39 is 11.4 Å². The van der Waals surface area contributed by atoms with Gasteiger partial charge < -0.3 is 14.9 Å². The van der Waals surface area contributed by atoms with Crippen LogP contribution in [0.2, 0.25) is 0 Å². The zero-order chi connectivity index (χ0) is 13.1. The summed E-state index contributed by atoms with van der Waals surface area (Å²) in [6, 6.07) is 0. The van der Waals surface area contributed by atoms with E-state index in [1.165, 1.54) is 0 Å².